The van der Waals surface area contributed by atoms with Gasteiger partial charge in [0.25, 0.3) is 0 Å². The lowest BCUT2D eigenvalue weighted by Crippen LogP contribution is -2.44. The number of amides is 1. The van der Waals surface area contributed by atoms with Crippen molar-refractivity contribution in [2.75, 3.05) is 31.3 Å². The molecule has 24 heavy (non-hydrogen) atoms. The highest BCUT2D eigenvalue weighted by Crippen LogP contribution is 2.26. The second-order valence-electron chi connectivity index (χ2n) is 6.06. The number of piperidine rings is 1. The number of ether oxygens (including phenoxy) is 1. The number of unbranched alkanes of at least 4 members (excludes halogenated alkanes) is 1. The fourth-order valence-corrected chi connectivity index (χ4v) is 4.57. The number of carbonyl (C=O) groups is 1. The zero-order valence-corrected chi connectivity index (χ0v) is 15.1. The van der Waals surface area contributed by atoms with E-state index in [2.05, 4.69) is 5.32 Å². The van der Waals surface area contributed by atoms with E-state index in [0.717, 1.165) is 6.42 Å². The van der Waals surface area contributed by atoms with Crippen LogP contribution in [0.25, 0.3) is 0 Å². The van der Waals surface area contributed by atoms with Crippen LogP contribution in [0.1, 0.15) is 32.6 Å². The minimum absolute atomic E-state index is 0.157. The van der Waals surface area contributed by atoms with Crippen LogP contribution in [-0.4, -0.2) is 44.6 Å². The maximum Gasteiger partial charge on any atom is 0.228 e. The quantitative estimate of drug-likeness (QED) is 0.816. The van der Waals surface area contributed by atoms with Gasteiger partial charge in [-0.05, 0) is 31.4 Å². The summed E-state index contributed by atoms with van der Waals surface area (Å²) in [6, 6.07) is 7.20. The third kappa shape index (κ3) is 4.70. The molecule has 0 bridgehead atoms. The number of methoxy groups -OCH3 is 1. The molecule has 1 aromatic carbocycles. The maximum absolute atomic E-state index is 12.5. The van der Waals surface area contributed by atoms with Gasteiger partial charge in [0.15, 0.2) is 0 Å². The molecule has 7 heteroatoms. The normalized spacial score (nSPS) is 19.0. The van der Waals surface area contributed by atoms with E-state index in [1.807, 2.05) is 19.1 Å². The third-order valence-corrected chi connectivity index (χ3v) is 6.19. The number of para-hydroxylation sites is 2. The Morgan fingerprint density at radius 2 is 2.12 bits per heavy atom. The van der Waals surface area contributed by atoms with Crippen LogP contribution in [0.4, 0.5) is 5.69 Å². The van der Waals surface area contributed by atoms with Crippen molar-refractivity contribution in [2.45, 2.75) is 32.6 Å². The summed E-state index contributed by atoms with van der Waals surface area (Å²) >= 11 is 0. The number of rotatable bonds is 7. The molecule has 6 nitrogen and oxygen atoms in total. The standard InChI is InChI=1S/C17H26N2O4S/c1-3-4-12-24(21,22)19-11-7-8-14(13-19)17(20)18-15-9-5-6-10-16(15)23-2/h5-6,9-10,14H,3-4,7-8,11-13H2,1-2H3,(H,18,20). The van der Waals surface area contributed by atoms with E-state index in [1.165, 1.54) is 4.31 Å². The molecule has 134 valence electrons. The Bertz CT molecular complexity index is 660. The van der Waals surface area contributed by atoms with Crippen molar-refractivity contribution in [2.24, 2.45) is 5.92 Å². The van der Waals surface area contributed by atoms with Gasteiger partial charge < -0.3 is 10.1 Å². The van der Waals surface area contributed by atoms with E-state index in [9.17, 15) is 13.2 Å². The van der Waals surface area contributed by atoms with Crippen LogP contribution in [0.3, 0.4) is 0 Å². The van der Waals surface area contributed by atoms with E-state index in [0.29, 0.717) is 37.2 Å². The molecular formula is C17H26N2O4S. The number of benzene rings is 1. The maximum atomic E-state index is 12.5. The summed E-state index contributed by atoms with van der Waals surface area (Å²) in [5, 5.41) is 2.86. The summed E-state index contributed by atoms with van der Waals surface area (Å²) < 4.78 is 31.4. The van der Waals surface area contributed by atoms with Crippen molar-refractivity contribution in [1.29, 1.82) is 0 Å². The average Bonchev–Trinajstić information content (AvgIpc) is 2.60. The van der Waals surface area contributed by atoms with Crippen molar-refractivity contribution in [3.05, 3.63) is 24.3 Å². The molecule has 1 aliphatic heterocycles. The largest absolute Gasteiger partial charge is 0.495 e. The Kier molecular flexibility index (Phi) is 6.62. The molecule has 1 unspecified atom stereocenters. The van der Waals surface area contributed by atoms with Crippen molar-refractivity contribution < 1.29 is 17.9 Å². The fraction of sp³-hybridized carbons (Fsp3) is 0.588. The van der Waals surface area contributed by atoms with Gasteiger partial charge in [-0.2, -0.15) is 0 Å². The lowest BCUT2D eigenvalue weighted by atomic mass is 9.98. The third-order valence-electron chi connectivity index (χ3n) is 4.27. The molecule has 0 aliphatic carbocycles. The Morgan fingerprint density at radius 3 is 2.83 bits per heavy atom. The van der Waals surface area contributed by atoms with E-state index < -0.39 is 10.0 Å². The number of hydrogen-bond acceptors (Lipinski definition) is 4. The molecule has 1 N–H and O–H groups in total. The minimum atomic E-state index is -3.27. The lowest BCUT2D eigenvalue weighted by Gasteiger charge is -2.31. The monoisotopic (exact) mass is 354 g/mol. The van der Waals surface area contributed by atoms with Crippen LogP contribution in [0.15, 0.2) is 24.3 Å². The minimum Gasteiger partial charge on any atom is -0.495 e. The van der Waals surface area contributed by atoms with E-state index in [1.54, 1.807) is 19.2 Å². The molecular weight excluding hydrogens is 328 g/mol. The number of nitrogens with one attached hydrogen (secondary N) is 1. The summed E-state index contributed by atoms with van der Waals surface area (Å²) in [6.07, 6.45) is 2.89. The summed E-state index contributed by atoms with van der Waals surface area (Å²) in [5.74, 6) is 0.258. The van der Waals surface area contributed by atoms with E-state index in [4.69, 9.17) is 4.74 Å². The first kappa shape index (κ1) is 18.7. The first-order valence-electron chi connectivity index (χ1n) is 8.39. The van der Waals surface area contributed by atoms with Crippen molar-refractivity contribution in [3.63, 3.8) is 0 Å². The van der Waals surface area contributed by atoms with Gasteiger partial charge in [-0.1, -0.05) is 25.5 Å². The van der Waals surface area contributed by atoms with Gasteiger partial charge in [0.05, 0.1) is 24.5 Å². The molecule has 0 aromatic heterocycles. The van der Waals surface area contributed by atoms with Gasteiger partial charge in [-0.25, -0.2) is 12.7 Å². The molecule has 0 saturated carbocycles. The zero-order valence-electron chi connectivity index (χ0n) is 14.3. The summed E-state index contributed by atoms with van der Waals surface area (Å²) in [7, 11) is -1.72. The first-order valence-corrected chi connectivity index (χ1v) is 10.0. The van der Waals surface area contributed by atoms with Crippen LogP contribution < -0.4 is 10.1 Å². The highest BCUT2D eigenvalue weighted by molar-refractivity contribution is 7.89. The number of hydrogen-bond donors (Lipinski definition) is 1. The smallest absolute Gasteiger partial charge is 0.228 e. The van der Waals surface area contributed by atoms with Gasteiger partial charge in [0.1, 0.15) is 5.75 Å². The molecule has 2 rings (SSSR count). The number of carbonyl (C=O) groups excluding carboxylic acids is 1. The van der Waals surface area contributed by atoms with Crippen LogP contribution in [0.5, 0.6) is 5.75 Å². The first-order chi connectivity index (χ1) is 11.5. The highest BCUT2D eigenvalue weighted by atomic mass is 32.2. The SMILES string of the molecule is CCCCS(=O)(=O)N1CCCC(C(=O)Nc2ccccc2OC)C1. The molecule has 0 radical (unpaired) electrons. The molecule has 1 atom stereocenters. The van der Waals surface area contributed by atoms with Crippen molar-refractivity contribution >= 4 is 21.6 Å². The van der Waals surface area contributed by atoms with Crippen LogP contribution in [0.2, 0.25) is 0 Å². The summed E-state index contributed by atoms with van der Waals surface area (Å²) in [6.45, 7) is 2.73. The van der Waals surface area contributed by atoms with Crippen molar-refractivity contribution in [1.82, 2.24) is 4.31 Å². The van der Waals surface area contributed by atoms with E-state index >= 15 is 0 Å². The topological polar surface area (TPSA) is 75.7 Å². The fourth-order valence-electron chi connectivity index (χ4n) is 2.85. The molecule has 1 fully saturated rings. The van der Waals surface area contributed by atoms with Crippen LogP contribution >= 0.6 is 0 Å². The van der Waals surface area contributed by atoms with Gasteiger partial charge in [-0.3, -0.25) is 4.79 Å². The highest BCUT2D eigenvalue weighted by Gasteiger charge is 2.32. The predicted octanol–water partition coefficient (Wildman–Crippen LogP) is 2.48. The van der Waals surface area contributed by atoms with Crippen LogP contribution in [0, 0.1) is 5.92 Å². The van der Waals surface area contributed by atoms with Crippen LogP contribution in [-0.2, 0) is 14.8 Å². The van der Waals surface area contributed by atoms with Gasteiger partial charge in [0, 0.05) is 13.1 Å². The Labute approximate surface area is 144 Å². The predicted molar refractivity (Wildman–Crippen MR) is 94.6 cm³/mol. The number of sulfonamides is 1. The van der Waals surface area contributed by atoms with Gasteiger partial charge in [0.2, 0.25) is 15.9 Å². The molecule has 1 amide bonds. The molecule has 1 aliphatic rings. The van der Waals surface area contributed by atoms with Crippen molar-refractivity contribution in [3.8, 4) is 5.75 Å². The molecule has 0 spiro atoms. The average molecular weight is 354 g/mol. The zero-order chi connectivity index (χ0) is 17.6. The Morgan fingerprint density at radius 1 is 1.38 bits per heavy atom. The Hall–Kier alpha value is -1.60. The molecule has 1 saturated heterocycles. The van der Waals surface area contributed by atoms with Gasteiger partial charge in [-0.15, -0.1) is 0 Å². The molecule has 1 heterocycles. The number of nitrogens with zero attached hydrogens (tertiary/aromatic N) is 1. The van der Waals surface area contributed by atoms with E-state index in [-0.39, 0.29) is 24.1 Å². The second kappa shape index (κ2) is 8.48. The number of anilines is 1. The van der Waals surface area contributed by atoms with Gasteiger partial charge >= 0.3 is 0 Å². The second-order valence-corrected chi connectivity index (χ2v) is 8.14. The Balaban J connectivity index is 2.02. The molecule has 1 aromatic rings. The summed E-state index contributed by atoms with van der Waals surface area (Å²) in [5.41, 5.74) is 0.607. The summed E-state index contributed by atoms with van der Waals surface area (Å²) in [4.78, 5) is 12.5. The lowest BCUT2D eigenvalue weighted by molar-refractivity contribution is -0.120.